The first kappa shape index (κ1) is 8.79. The van der Waals surface area contributed by atoms with Gasteiger partial charge >= 0.3 is 0 Å². The Hall–Kier alpha value is -1.30. The highest BCUT2D eigenvalue weighted by Crippen LogP contribution is 2.02. The third-order valence-corrected chi connectivity index (χ3v) is 1.64. The highest BCUT2D eigenvalue weighted by molar-refractivity contribution is 7.12. The van der Waals surface area contributed by atoms with E-state index in [4.69, 9.17) is 0 Å². The summed E-state index contributed by atoms with van der Waals surface area (Å²) < 4.78 is 0. The van der Waals surface area contributed by atoms with Crippen LogP contribution in [-0.4, -0.2) is 28.8 Å². The second-order valence-electron chi connectivity index (χ2n) is 1.70. The molecule has 0 spiro atoms. The average Bonchev–Trinajstić information content (AvgIpc) is 2.59. The molecule has 5 nitrogen and oxygen atoms in total. The van der Waals surface area contributed by atoms with E-state index in [1.807, 2.05) is 0 Å². The van der Waals surface area contributed by atoms with E-state index in [1.54, 1.807) is 13.2 Å². The summed E-state index contributed by atoms with van der Waals surface area (Å²) in [7, 11) is 0. The van der Waals surface area contributed by atoms with Crippen molar-refractivity contribution in [1.82, 2.24) is 10.2 Å². The molecular weight excluding hydrogens is 178 g/mol. The summed E-state index contributed by atoms with van der Waals surface area (Å²) in [6, 6.07) is 0. The van der Waals surface area contributed by atoms with Gasteiger partial charge in [-0.2, -0.15) is 0 Å². The van der Waals surface area contributed by atoms with Gasteiger partial charge in [0.05, 0.1) is 0 Å². The maximum absolute atomic E-state index is 10.3. The zero-order chi connectivity index (χ0) is 8.81. The van der Waals surface area contributed by atoms with Crippen molar-refractivity contribution in [2.75, 3.05) is 6.61 Å². The number of aromatic nitrogens is 2. The van der Waals surface area contributed by atoms with Crippen molar-refractivity contribution in [3.63, 3.8) is 0 Å². The number of oxime groups is 1. The predicted molar refractivity (Wildman–Crippen MR) is 43.8 cm³/mol. The molecule has 0 aliphatic heterocycles. The Kier molecular flexibility index (Phi) is 3.34. The largest absolute Gasteiger partial charge is 0.395 e. The molecule has 0 bridgehead atoms. The van der Waals surface area contributed by atoms with E-state index < -0.39 is 0 Å². The van der Waals surface area contributed by atoms with E-state index in [1.165, 1.54) is 16.8 Å². The van der Waals surface area contributed by atoms with Crippen LogP contribution in [0.2, 0.25) is 0 Å². The van der Waals surface area contributed by atoms with Gasteiger partial charge in [-0.25, -0.2) is 0 Å². The normalized spacial score (nSPS) is 11.2. The predicted octanol–water partition coefficient (Wildman–Crippen LogP) is 0.388. The van der Waals surface area contributed by atoms with Crippen LogP contribution in [0, 0.1) is 0 Å². The van der Waals surface area contributed by atoms with Crippen molar-refractivity contribution in [3.05, 3.63) is 10.5 Å². The summed E-state index contributed by atoms with van der Waals surface area (Å²) in [6.45, 7) is 2.18. The topological polar surface area (TPSA) is 64.4 Å². The van der Waals surface area contributed by atoms with Crippen molar-refractivity contribution in [2.24, 2.45) is 5.16 Å². The van der Waals surface area contributed by atoms with E-state index in [0.29, 0.717) is 11.6 Å². The minimum Gasteiger partial charge on any atom is -0.395 e. The van der Waals surface area contributed by atoms with Crippen LogP contribution in [0.3, 0.4) is 0 Å². The number of hydrogen-bond acceptors (Lipinski definition) is 6. The van der Waals surface area contributed by atoms with Gasteiger partial charge in [0.2, 0.25) is 0 Å². The minimum atomic E-state index is 0.0550. The summed E-state index contributed by atoms with van der Waals surface area (Å²) >= 11 is 1.21. The van der Waals surface area contributed by atoms with Crippen LogP contribution in [0.15, 0.2) is 10.7 Å². The molecule has 0 aromatic carbocycles. The molecule has 0 aliphatic rings. The molecule has 1 rings (SSSR count). The van der Waals surface area contributed by atoms with Crippen molar-refractivity contribution in [2.45, 2.75) is 6.92 Å². The van der Waals surface area contributed by atoms with E-state index in [9.17, 15) is 4.79 Å². The van der Waals surface area contributed by atoms with Gasteiger partial charge in [-0.1, -0.05) is 16.5 Å². The number of carbonyl (C=O) groups excluding carboxylic acids is 1. The Morgan fingerprint density at radius 2 is 2.75 bits per heavy atom. The third kappa shape index (κ3) is 2.09. The molecule has 0 N–H and O–H groups in total. The van der Waals surface area contributed by atoms with Gasteiger partial charge in [0.15, 0.2) is 10.7 Å². The van der Waals surface area contributed by atoms with Gasteiger partial charge in [0, 0.05) is 0 Å². The average molecular weight is 184 g/mol. The van der Waals surface area contributed by atoms with Crippen LogP contribution in [0.4, 0.5) is 0 Å². The summed E-state index contributed by atoms with van der Waals surface area (Å²) in [5.41, 5.74) is 1.56. The highest BCUT2D eigenvalue weighted by atomic mass is 32.1. The lowest BCUT2D eigenvalue weighted by Gasteiger charge is -1.91. The van der Waals surface area contributed by atoms with Gasteiger partial charge in [-0.05, 0) is 6.92 Å². The van der Waals surface area contributed by atoms with Crippen LogP contribution < -0.4 is 0 Å². The SMILES string of the molecule is CCO/N=C(/[C]=O)c1nncs1. The van der Waals surface area contributed by atoms with Gasteiger partial charge in [-0.3, -0.25) is 4.79 Å². The van der Waals surface area contributed by atoms with Crippen molar-refractivity contribution in [1.29, 1.82) is 0 Å². The van der Waals surface area contributed by atoms with Gasteiger partial charge in [0.1, 0.15) is 12.1 Å². The fourth-order valence-electron chi connectivity index (χ4n) is 0.507. The highest BCUT2D eigenvalue weighted by Gasteiger charge is 2.07. The van der Waals surface area contributed by atoms with Crippen molar-refractivity contribution >= 4 is 23.3 Å². The van der Waals surface area contributed by atoms with Crippen LogP contribution in [-0.2, 0) is 9.63 Å². The number of hydrogen-bond donors (Lipinski definition) is 0. The van der Waals surface area contributed by atoms with Gasteiger partial charge < -0.3 is 4.84 Å². The lowest BCUT2D eigenvalue weighted by atomic mass is 10.4. The van der Waals surface area contributed by atoms with E-state index >= 15 is 0 Å². The summed E-state index contributed by atoms with van der Waals surface area (Å²) in [6.07, 6.45) is 1.62. The molecule has 1 aromatic rings. The molecule has 0 aliphatic carbocycles. The molecule has 63 valence electrons. The molecule has 12 heavy (non-hydrogen) atoms. The van der Waals surface area contributed by atoms with Gasteiger partial charge in [-0.15, -0.1) is 10.2 Å². The van der Waals surface area contributed by atoms with Crippen LogP contribution >= 0.6 is 11.3 Å². The number of nitrogens with zero attached hydrogens (tertiary/aromatic N) is 3. The Morgan fingerprint density at radius 3 is 3.25 bits per heavy atom. The van der Waals surface area contributed by atoms with Gasteiger partial charge in [0.25, 0.3) is 6.29 Å². The maximum atomic E-state index is 10.3. The lowest BCUT2D eigenvalue weighted by molar-refractivity contribution is 0.159. The van der Waals surface area contributed by atoms with E-state index in [-0.39, 0.29) is 5.71 Å². The van der Waals surface area contributed by atoms with Crippen LogP contribution in [0.1, 0.15) is 11.9 Å². The van der Waals surface area contributed by atoms with E-state index in [0.717, 1.165) is 0 Å². The minimum absolute atomic E-state index is 0.0550. The first-order valence-corrected chi connectivity index (χ1v) is 4.11. The molecule has 0 saturated carbocycles. The molecule has 1 aromatic heterocycles. The third-order valence-electron chi connectivity index (χ3n) is 0.944. The van der Waals surface area contributed by atoms with E-state index in [2.05, 4.69) is 20.2 Å². The molecule has 0 atom stereocenters. The van der Waals surface area contributed by atoms with Crippen molar-refractivity contribution in [3.8, 4) is 0 Å². The van der Waals surface area contributed by atoms with Crippen LogP contribution in [0.5, 0.6) is 0 Å². The first-order chi connectivity index (χ1) is 5.88. The Morgan fingerprint density at radius 1 is 1.92 bits per heavy atom. The molecule has 6 heteroatoms. The smallest absolute Gasteiger partial charge is 0.260 e. The zero-order valence-corrected chi connectivity index (χ0v) is 7.17. The summed E-state index contributed by atoms with van der Waals surface area (Å²) in [5.74, 6) is 0. The second-order valence-corrected chi connectivity index (χ2v) is 2.54. The monoisotopic (exact) mass is 184 g/mol. The number of rotatable bonds is 4. The molecule has 1 radical (unpaired) electrons. The maximum Gasteiger partial charge on any atom is 0.260 e. The fraction of sp³-hybridized carbons (Fsp3) is 0.333. The Bertz CT molecular complexity index is 270. The molecule has 0 fully saturated rings. The summed E-state index contributed by atoms with van der Waals surface area (Å²) in [5, 5.41) is 11.1. The van der Waals surface area contributed by atoms with Crippen molar-refractivity contribution < 1.29 is 9.63 Å². The quantitative estimate of drug-likeness (QED) is 0.501. The Balaban J connectivity index is 2.76. The zero-order valence-electron chi connectivity index (χ0n) is 6.35. The molecule has 0 saturated heterocycles. The first-order valence-electron chi connectivity index (χ1n) is 3.23. The molecule has 0 unspecified atom stereocenters. The molecule has 1 heterocycles. The second kappa shape index (κ2) is 4.55. The van der Waals surface area contributed by atoms with Crippen LogP contribution in [0.25, 0.3) is 0 Å². The lowest BCUT2D eigenvalue weighted by Crippen LogP contribution is -2.02. The fourth-order valence-corrected chi connectivity index (χ4v) is 0.986. The molecular formula is C6H6N3O2S. The summed E-state index contributed by atoms with van der Waals surface area (Å²) in [4.78, 5) is 15.0. The standard InChI is InChI=1S/C6H6N3O2S/c1-2-11-9-5(3-10)6-8-7-4-12-6/h4H,2H2,1H3/b9-5-. The molecule has 0 amide bonds. The Labute approximate surface area is 73.1 Å².